The highest BCUT2D eigenvalue weighted by atomic mass is 32.2. The monoisotopic (exact) mass is 305 g/mol. The number of ether oxygens (including phenoxy) is 1. The van der Waals surface area contributed by atoms with Crippen molar-refractivity contribution in [1.82, 2.24) is 0 Å². The molecule has 0 fully saturated rings. The van der Waals surface area contributed by atoms with Crippen LogP contribution in [0.3, 0.4) is 0 Å². The van der Waals surface area contributed by atoms with E-state index in [-0.39, 0.29) is 0 Å². The highest BCUT2D eigenvalue weighted by Crippen LogP contribution is 2.29. The SMILES string of the molecule is COc1cc(C)c(S(=O)(=O)N(C)c2ccccc2)cc1C. The molecule has 0 aliphatic carbocycles. The van der Waals surface area contributed by atoms with Gasteiger partial charge in [-0.25, -0.2) is 8.42 Å². The predicted molar refractivity (Wildman–Crippen MR) is 84.5 cm³/mol. The number of nitrogens with zero attached hydrogens (tertiary/aromatic N) is 1. The van der Waals surface area contributed by atoms with Gasteiger partial charge >= 0.3 is 0 Å². The first-order valence-electron chi connectivity index (χ1n) is 6.57. The normalized spacial score (nSPS) is 11.2. The molecule has 21 heavy (non-hydrogen) atoms. The number of benzene rings is 2. The van der Waals surface area contributed by atoms with Crippen molar-refractivity contribution in [2.45, 2.75) is 18.7 Å². The minimum absolute atomic E-state index is 0.298. The number of methoxy groups -OCH3 is 1. The molecule has 0 aliphatic rings. The minimum atomic E-state index is -3.59. The third-order valence-corrected chi connectivity index (χ3v) is 5.38. The van der Waals surface area contributed by atoms with E-state index in [4.69, 9.17) is 4.74 Å². The van der Waals surface area contributed by atoms with Gasteiger partial charge < -0.3 is 4.74 Å². The molecule has 0 aliphatic heterocycles. The zero-order chi connectivity index (χ0) is 15.6. The molecule has 0 aromatic heterocycles. The van der Waals surface area contributed by atoms with Gasteiger partial charge in [-0.15, -0.1) is 0 Å². The molecule has 0 atom stereocenters. The zero-order valence-electron chi connectivity index (χ0n) is 12.6. The lowest BCUT2D eigenvalue weighted by atomic mass is 10.1. The molecule has 0 amide bonds. The Morgan fingerprint density at radius 2 is 1.62 bits per heavy atom. The Morgan fingerprint density at radius 3 is 2.19 bits per heavy atom. The van der Waals surface area contributed by atoms with Crippen molar-refractivity contribution in [3.8, 4) is 5.75 Å². The van der Waals surface area contributed by atoms with Gasteiger partial charge in [-0.1, -0.05) is 18.2 Å². The van der Waals surface area contributed by atoms with Gasteiger partial charge in [0, 0.05) is 7.05 Å². The van der Waals surface area contributed by atoms with Crippen LogP contribution >= 0.6 is 0 Å². The molecule has 2 aromatic carbocycles. The Morgan fingerprint density at radius 1 is 1.00 bits per heavy atom. The quantitative estimate of drug-likeness (QED) is 0.872. The van der Waals surface area contributed by atoms with Crippen molar-refractivity contribution < 1.29 is 13.2 Å². The molecule has 2 aromatic rings. The highest BCUT2D eigenvalue weighted by molar-refractivity contribution is 7.92. The van der Waals surface area contributed by atoms with E-state index in [2.05, 4.69) is 0 Å². The first-order valence-corrected chi connectivity index (χ1v) is 8.01. The van der Waals surface area contributed by atoms with Gasteiger partial charge in [0.25, 0.3) is 10.0 Å². The number of hydrogen-bond donors (Lipinski definition) is 0. The fourth-order valence-corrected chi connectivity index (χ4v) is 3.67. The van der Waals surface area contributed by atoms with Crippen LogP contribution in [-0.2, 0) is 10.0 Å². The van der Waals surface area contributed by atoms with Crippen molar-refractivity contribution in [3.05, 3.63) is 53.6 Å². The van der Waals surface area contributed by atoms with E-state index in [1.165, 1.54) is 4.31 Å². The number of aryl methyl sites for hydroxylation is 2. The summed E-state index contributed by atoms with van der Waals surface area (Å²) < 4.78 is 32.1. The van der Waals surface area contributed by atoms with Gasteiger partial charge in [-0.2, -0.15) is 0 Å². The topological polar surface area (TPSA) is 46.6 Å². The van der Waals surface area contributed by atoms with Crippen LogP contribution in [0, 0.1) is 13.8 Å². The van der Waals surface area contributed by atoms with Gasteiger partial charge in [0.15, 0.2) is 0 Å². The maximum atomic E-state index is 12.8. The maximum Gasteiger partial charge on any atom is 0.264 e. The predicted octanol–water partition coefficient (Wildman–Crippen LogP) is 3.14. The first kappa shape index (κ1) is 15.4. The van der Waals surface area contributed by atoms with Crippen LogP contribution in [0.2, 0.25) is 0 Å². The molecule has 0 spiro atoms. The van der Waals surface area contributed by atoms with Crippen LogP contribution in [0.5, 0.6) is 5.75 Å². The Balaban J connectivity index is 2.52. The molecule has 0 bridgehead atoms. The third-order valence-electron chi connectivity index (χ3n) is 3.45. The average molecular weight is 305 g/mol. The lowest BCUT2D eigenvalue weighted by molar-refractivity contribution is 0.411. The molecule has 2 rings (SSSR count). The van der Waals surface area contributed by atoms with Crippen LogP contribution in [0.25, 0.3) is 0 Å². The van der Waals surface area contributed by atoms with Crippen molar-refractivity contribution in [2.24, 2.45) is 0 Å². The van der Waals surface area contributed by atoms with E-state index in [9.17, 15) is 8.42 Å². The second-order valence-corrected chi connectivity index (χ2v) is 6.83. The zero-order valence-corrected chi connectivity index (χ0v) is 13.4. The third kappa shape index (κ3) is 2.88. The smallest absolute Gasteiger partial charge is 0.264 e. The molecule has 0 radical (unpaired) electrons. The summed E-state index contributed by atoms with van der Waals surface area (Å²) in [5.74, 6) is 0.689. The number of rotatable bonds is 4. The van der Waals surface area contributed by atoms with Crippen LogP contribution < -0.4 is 9.04 Å². The van der Waals surface area contributed by atoms with E-state index in [1.54, 1.807) is 45.3 Å². The summed E-state index contributed by atoms with van der Waals surface area (Å²) in [7, 11) is -0.458. The molecule has 0 unspecified atom stereocenters. The van der Waals surface area contributed by atoms with Crippen molar-refractivity contribution in [2.75, 3.05) is 18.5 Å². The maximum absolute atomic E-state index is 12.8. The summed E-state index contributed by atoms with van der Waals surface area (Å²) in [5.41, 5.74) is 2.09. The molecule has 0 heterocycles. The summed E-state index contributed by atoms with van der Waals surface area (Å²) in [6.45, 7) is 3.60. The van der Waals surface area contributed by atoms with Crippen LogP contribution in [0.1, 0.15) is 11.1 Å². The van der Waals surface area contributed by atoms with Gasteiger partial charge in [-0.05, 0) is 49.2 Å². The van der Waals surface area contributed by atoms with E-state index in [0.29, 0.717) is 21.9 Å². The second kappa shape index (κ2) is 5.77. The fourth-order valence-electron chi connectivity index (χ4n) is 2.19. The molecule has 0 saturated carbocycles. The molecule has 0 N–H and O–H groups in total. The Hall–Kier alpha value is -2.01. The number of sulfonamides is 1. The van der Waals surface area contributed by atoms with E-state index < -0.39 is 10.0 Å². The molecule has 0 saturated heterocycles. The minimum Gasteiger partial charge on any atom is -0.496 e. The summed E-state index contributed by atoms with van der Waals surface area (Å²) in [6.07, 6.45) is 0. The lowest BCUT2D eigenvalue weighted by Crippen LogP contribution is -2.27. The molecule has 5 heteroatoms. The Kier molecular flexibility index (Phi) is 4.23. The lowest BCUT2D eigenvalue weighted by Gasteiger charge is -2.21. The molecule has 4 nitrogen and oxygen atoms in total. The van der Waals surface area contributed by atoms with Gasteiger partial charge in [0.2, 0.25) is 0 Å². The van der Waals surface area contributed by atoms with Gasteiger partial charge in [0.05, 0.1) is 17.7 Å². The summed E-state index contributed by atoms with van der Waals surface area (Å²) in [5, 5.41) is 0. The van der Waals surface area contributed by atoms with E-state index >= 15 is 0 Å². The van der Waals surface area contributed by atoms with Crippen molar-refractivity contribution in [1.29, 1.82) is 0 Å². The Bertz CT molecular complexity index is 740. The molecule has 112 valence electrons. The highest BCUT2D eigenvalue weighted by Gasteiger charge is 2.24. The summed E-state index contributed by atoms with van der Waals surface area (Å²) >= 11 is 0. The van der Waals surface area contributed by atoms with Gasteiger partial charge in [0.1, 0.15) is 5.75 Å². The Labute approximate surface area is 126 Å². The molecular weight excluding hydrogens is 286 g/mol. The van der Waals surface area contributed by atoms with Crippen molar-refractivity contribution in [3.63, 3.8) is 0 Å². The summed E-state index contributed by atoms with van der Waals surface area (Å²) in [6, 6.07) is 12.4. The van der Waals surface area contributed by atoms with Gasteiger partial charge in [-0.3, -0.25) is 4.31 Å². The summed E-state index contributed by atoms with van der Waals surface area (Å²) in [4.78, 5) is 0.298. The van der Waals surface area contributed by atoms with Crippen molar-refractivity contribution >= 4 is 15.7 Å². The van der Waals surface area contributed by atoms with E-state index in [1.807, 2.05) is 25.1 Å². The van der Waals surface area contributed by atoms with Crippen LogP contribution in [0.4, 0.5) is 5.69 Å². The van der Waals surface area contributed by atoms with Crippen LogP contribution in [0.15, 0.2) is 47.4 Å². The van der Waals surface area contributed by atoms with E-state index in [0.717, 1.165) is 5.56 Å². The standard InChI is InChI=1S/C16H19NO3S/c1-12-11-16(13(2)10-15(12)20-4)21(18,19)17(3)14-8-6-5-7-9-14/h5-11H,1-4H3. The molecular formula is C16H19NO3S. The first-order chi connectivity index (χ1) is 9.87. The number of para-hydroxylation sites is 1. The van der Waals surface area contributed by atoms with Crippen LogP contribution in [-0.4, -0.2) is 22.6 Å². The average Bonchev–Trinajstić information content (AvgIpc) is 2.49. The fraction of sp³-hybridized carbons (Fsp3) is 0.250. The number of anilines is 1. The number of hydrogen-bond acceptors (Lipinski definition) is 3. The second-order valence-electron chi connectivity index (χ2n) is 4.90. The largest absolute Gasteiger partial charge is 0.496 e.